The van der Waals surface area contributed by atoms with Crippen LogP contribution in [0.15, 0.2) is 60.2 Å². The van der Waals surface area contributed by atoms with Crippen LogP contribution < -0.4 is 4.74 Å². The SMILES string of the molecule is CC(C)COc1cccc(/C(O)=C2/C(=O)C(=O)N(C3CCCC3)C2c2ccccc2)c1. The summed E-state index contributed by atoms with van der Waals surface area (Å²) in [4.78, 5) is 27.9. The zero-order valence-electron chi connectivity index (χ0n) is 18.1. The van der Waals surface area contributed by atoms with Gasteiger partial charge in [0.25, 0.3) is 11.7 Å². The number of nitrogens with zero attached hydrogens (tertiary/aromatic N) is 1. The number of carbonyl (C=O) groups is 2. The molecule has 2 aliphatic rings. The molecule has 1 unspecified atom stereocenters. The summed E-state index contributed by atoms with van der Waals surface area (Å²) in [5, 5.41) is 11.2. The average Bonchev–Trinajstić information content (AvgIpc) is 3.39. The minimum atomic E-state index is -0.619. The van der Waals surface area contributed by atoms with Crippen molar-refractivity contribution in [1.29, 1.82) is 0 Å². The second kappa shape index (κ2) is 8.96. The van der Waals surface area contributed by atoms with Crippen molar-refractivity contribution in [2.45, 2.75) is 51.6 Å². The first-order valence-electron chi connectivity index (χ1n) is 11.1. The molecule has 0 aromatic heterocycles. The molecule has 1 heterocycles. The van der Waals surface area contributed by atoms with Crippen molar-refractivity contribution < 1.29 is 19.4 Å². The highest BCUT2D eigenvalue weighted by atomic mass is 16.5. The minimum Gasteiger partial charge on any atom is -0.507 e. The molecular weight excluding hydrogens is 390 g/mol. The van der Waals surface area contributed by atoms with Gasteiger partial charge >= 0.3 is 0 Å². The number of ether oxygens (including phenoxy) is 1. The van der Waals surface area contributed by atoms with Crippen LogP contribution in [-0.2, 0) is 9.59 Å². The molecule has 2 aromatic rings. The first-order valence-corrected chi connectivity index (χ1v) is 11.1. The summed E-state index contributed by atoms with van der Waals surface area (Å²) in [6.45, 7) is 4.68. The van der Waals surface area contributed by atoms with E-state index in [1.807, 2.05) is 36.4 Å². The molecule has 5 nitrogen and oxygen atoms in total. The third-order valence-electron chi connectivity index (χ3n) is 6.00. The van der Waals surface area contributed by atoms with E-state index in [2.05, 4.69) is 13.8 Å². The molecule has 0 radical (unpaired) electrons. The van der Waals surface area contributed by atoms with Gasteiger partial charge in [-0.3, -0.25) is 9.59 Å². The number of carbonyl (C=O) groups excluding carboxylic acids is 2. The van der Waals surface area contributed by atoms with Crippen molar-refractivity contribution in [2.75, 3.05) is 6.61 Å². The molecule has 0 bridgehead atoms. The van der Waals surface area contributed by atoms with Gasteiger partial charge in [0.05, 0.1) is 18.2 Å². The molecule has 31 heavy (non-hydrogen) atoms. The number of ketones is 1. The summed E-state index contributed by atoms with van der Waals surface area (Å²) in [7, 11) is 0. The second-order valence-electron chi connectivity index (χ2n) is 8.79. The van der Waals surface area contributed by atoms with E-state index in [-0.39, 0.29) is 17.4 Å². The number of Topliss-reactive ketones (excluding diaryl/α,β-unsaturated/α-hetero) is 1. The van der Waals surface area contributed by atoms with Gasteiger partial charge in [0.15, 0.2) is 0 Å². The van der Waals surface area contributed by atoms with Crippen LogP contribution in [0.2, 0.25) is 0 Å². The molecule has 1 saturated carbocycles. The highest BCUT2D eigenvalue weighted by Gasteiger charge is 2.49. The number of hydrogen-bond acceptors (Lipinski definition) is 4. The number of likely N-dealkylation sites (tertiary alicyclic amines) is 1. The highest BCUT2D eigenvalue weighted by Crippen LogP contribution is 2.43. The van der Waals surface area contributed by atoms with Crippen LogP contribution in [0.3, 0.4) is 0 Å². The van der Waals surface area contributed by atoms with Crippen LogP contribution in [0.4, 0.5) is 0 Å². The molecule has 1 amide bonds. The van der Waals surface area contributed by atoms with E-state index in [1.165, 1.54) is 0 Å². The lowest BCUT2D eigenvalue weighted by molar-refractivity contribution is -0.141. The van der Waals surface area contributed by atoms with E-state index < -0.39 is 17.7 Å². The van der Waals surface area contributed by atoms with Gasteiger partial charge in [0, 0.05) is 11.6 Å². The Morgan fingerprint density at radius 1 is 1.06 bits per heavy atom. The largest absolute Gasteiger partial charge is 0.507 e. The van der Waals surface area contributed by atoms with Gasteiger partial charge in [-0.1, -0.05) is 69.2 Å². The molecule has 1 aliphatic heterocycles. The summed E-state index contributed by atoms with van der Waals surface area (Å²) in [5.74, 6) is -0.296. The molecule has 1 N–H and O–H groups in total. The number of aliphatic hydroxyl groups excluding tert-OH is 1. The van der Waals surface area contributed by atoms with E-state index >= 15 is 0 Å². The molecular formula is C26H29NO4. The molecule has 5 heteroatoms. The van der Waals surface area contributed by atoms with Crippen molar-refractivity contribution in [3.8, 4) is 5.75 Å². The maximum atomic E-state index is 13.1. The van der Waals surface area contributed by atoms with Crippen molar-refractivity contribution in [1.82, 2.24) is 4.90 Å². The van der Waals surface area contributed by atoms with Gasteiger partial charge in [0.2, 0.25) is 0 Å². The fourth-order valence-corrected chi connectivity index (χ4v) is 4.52. The Bertz CT molecular complexity index is 989. The van der Waals surface area contributed by atoms with Gasteiger partial charge in [0.1, 0.15) is 11.5 Å². The molecule has 0 spiro atoms. The van der Waals surface area contributed by atoms with Crippen molar-refractivity contribution in [3.63, 3.8) is 0 Å². The van der Waals surface area contributed by atoms with E-state index in [1.54, 1.807) is 23.1 Å². The van der Waals surface area contributed by atoms with Crippen LogP contribution >= 0.6 is 0 Å². The normalized spacial score (nSPS) is 21.3. The van der Waals surface area contributed by atoms with Crippen LogP contribution in [-0.4, -0.2) is 34.3 Å². The van der Waals surface area contributed by atoms with Crippen molar-refractivity contribution in [3.05, 3.63) is 71.3 Å². The second-order valence-corrected chi connectivity index (χ2v) is 8.79. The fourth-order valence-electron chi connectivity index (χ4n) is 4.52. The van der Waals surface area contributed by atoms with Crippen LogP contribution in [0, 0.1) is 5.92 Å². The summed E-state index contributed by atoms with van der Waals surface area (Å²) in [6, 6.07) is 16.0. The first-order chi connectivity index (χ1) is 15.0. The maximum Gasteiger partial charge on any atom is 0.295 e. The summed E-state index contributed by atoms with van der Waals surface area (Å²) in [6.07, 6.45) is 3.86. The van der Waals surface area contributed by atoms with Crippen LogP contribution in [0.1, 0.15) is 56.7 Å². The Kier molecular flexibility index (Phi) is 6.12. The number of benzene rings is 2. The van der Waals surface area contributed by atoms with Crippen molar-refractivity contribution in [2.24, 2.45) is 5.92 Å². The lowest BCUT2D eigenvalue weighted by Gasteiger charge is -2.30. The number of amides is 1. The number of hydrogen-bond donors (Lipinski definition) is 1. The van der Waals surface area contributed by atoms with Gasteiger partial charge < -0.3 is 14.7 Å². The smallest absolute Gasteiger partial charge is 0.295 e. The van der Waals surface area contributed by atoms with Crippen molar-refractivity contribution >= 4 is 17.4 Å². The third kappa shape index (κ3) is 4.22. The van der Waals surface area contributed by atoms with Gasteiger partial charge in [-0.2, -0.15) is 0 Å². The van der Waals surface area contributed by atoms with Gasteiger partial charge in [-0.15, -0.1) is 0 Å². The maximum absolute atomic E-state index is 13.1. The standard InChI is InChI=1S/C26H29NO4/c1-17(2)16-31-21-14-8-11-19(15-21)24(28)22-23(18-9-4-3-5-10-18)27(26(30)25(22)29)20-12-6-7-13-20/h3-5,8-11,14-15,17,20,23,28H,6-7,12-13,16H2,1-2H3/b24-22-. The van der Waals surface area contributed by atoms with E-state index in [0.29, 0.717) is 23.8 Å². The predicted molar refractivity (Wildman–Crippen MR) is 120 cm³/mol. The molecule has 2 aromatic carbocycles. The molecule has 1 aliphatic carbocycles. The number of aliphatic hydroxyl groups is 1. The van der Waals surface area contributed by atoms with E-state index in [0.717, 1.165) is 31.2 Å². The summed E-state index contributed by atoms with van der Waals surface area (Å²) >= 11 is 0. The molecule has 2 fully saturated rings. The van der Waals surface area contributed by atoms with Gasteiger partial charge in [-0.25, -0.2) is 0 Å². The molecule has 1 atom stereocenters. The molecule has 4 rings (SSSR count). The summed E-state index contributed by atoms with van der Waals surface area (Å²) in [5.41, 5.74) is 1.47. The first kappa shape index (κ1) is 21.2. The predicted octanol–water partition coefficient (Wildman–Crippen LogP) is 5.09. The Labute approximate surface area is 183 Å². The lowest BCUT2D eigenvalue weighted by atomic mass is 9.94. The minimum absolute atomic E-state index is 0.0210. The fraction of sp³-hybridized carbons (Fsp3) is 0.385. The van der Waals surface area contributed by atoms with E-state index in [9.17, 15) is 14.7 Å². The molecule has 162 valence electrons. The van der Waals surface area contributed by atoms with Crippen LogP contribution in [0.25, 0.3) is 5.76 Å². The van der Waals surface area contributed by atoms with Gasteiger partial charge in [-0.05, 0) is 36.5 Å². The lowest BCUT2D eigenvalue weighted by Crippen LogP contribution is -2.37. The zero-order valence-corrected chi connectivity index (χ0v) is 18.1. The quantitative estimate of drug-likeness (QED) is 0.403. The third-order valence-corrected chi connectivity index (χ3v) is 6.00. The molecule has 1 saturated heterocycles. The Morgan fingerprint density at radius 3 is 2.45 bits per heavy atom. The Hall–Kier alpha value is -3.08. The monoisotopic (exact) mass is 419 g/mol. The highest BCUT2D eigenvalue weighted by molar-refractivity contribution is 6.46. The Balaban J connectivity index is 1.79. The zero-order chi connectivity index (χ0) is 22.0. The van der Waals surface area contributed by atoms with Crippen LogP contribution in [0.5, 0.6) is 5.75 Å². The Morgan fingerprint density at radius 2 is 1.77 bits per heavy atom. The topological polar surface area (TPSA) is 66.8 Å². The van der Waals surface area contributed by atoms with E-state index in [4.69, 9.17) is 4.74 Å². The average molecular weight is 420 g/mol. The summed E-state index contributed by atoms with van der Waals surface area (Å²) < 4.78 is 5.79. The number of rotatable bonds is 6.